The summed E-state index contributed by atoms with van der Waals surface area (Å²) in [7, 11) is 0. The van der Waals surface area contributed by atoms with Crippen molar-refractivity contribution in [1.29, 1.82) is 0 Å². The van der Waals surface area contributed by atoms with E-state index in [9.17, 15) is 19.8 Å². The first-order valence-corrected chi connectivity index (χ1v) is 10.8. The van der Waals surface area contributed by atoms with Crippen molar-refractivity contribution in [3.05, 3.63) is 24.8 Å². The van der Waals surface area contributed by atoms with Crippen LogP contribution >= 0.6 is 0 Å². The van der Waals surface area contributed by atoms with Crippen LogP contribution in [0.3, 0.4) is 0 Å². The molecule has 1 aliphatic rings. The summed E-state index contributed by atoms with van der Waals surface area (Å²) in [5, 5.41) is 29.7. The average molecular weight is 395 g/mol. The van der Waals surface area contributed by atoms with Crippen LogP contribution in [0.5, 0.6) is 0 Å². The van der Waals surface area contributed by atoms with E-state index in [1.165, 1.54) is 6.08 Å². The third-order valence-corrected chi connectivity index (χ3v) is 5.77. The fourth-order valence-electron chi connectivity index (χ4n) is 3.90. The van der Waals surface area contributed by atoms with Gasteiger partial charge in [-0.3, -0.25) is 9.59 Å². The SMILES string of the molecule is C=CC(O)(C=C[C@H]1[C@H](O)CC(=O)[C@@H]1CCCCCCC(=O)CO)CCCCC. The summed E-state index contributed by atoms with van der Waals surface area (Å²) in [6, 6.07) is 0. The van der Waals surface area contributed by atoms with Crippen molar-refractivity contribution in [3.8, 4) is 0 Å². The summed E-state index contributed by atoms with van der Waals surface area (Å²) >= 11 is 0. The van der Waals surface area contributed by atoms with Crippen molar-refractivity contribution in [2.45, 2.75) is 89.3 Å². The Morgan fingerprint density at radius 2 is 1.93 bits per heavy atom. The summed E-state index contributed by atoms with van der Waals surface area (Å²) in [5.41, 5.74) is -1.09. The van der Waals surface area contributed by atoms with Gasteiger partial charge in [0.15, 0.2) is 5.78 Å². The van der Waals surface area contributed by atoms with E-state index < -0.39 is 18.3 Å². The quantitative estimate of drug-likeness (QED) is 0.292. The normalized spacial score (nSPS) is 24.6. The molecule has 0 aliphatic heterocycles. The van der Waals surface area contributed by atoms with Gasteiger partial charge in [0.1, 0.15) is 18.0 Å². The van der Waals surface area contributed by atoms with E-state index in [-0.39, 0.29) is 29.8 Å². The number of Topliss-reactive ketones (excluding diaryl/α,β-unsaturated/α-hetero) is 2. The Kier molecular flexibility index (Phi) is 11.5. The lowest BCUT2D eigenvalue weighted by atomic mass is 9.86. The molecule has 1 saturated carbocycles. The molecule has 0 saturated heterocycles. The summed E-state index contributed by atoms with van der Waals surface area (Å²) in [5.74, 6) is -0.519. The molecule has 5 heteroatoms. The maximum Gasteiger partial charge on any atom is 0.158 e. The molecule has 0 bridgehead atoms. The maximum atomic E-state index is 12.3. The van der Waals surface area contributed by atoms with Crippen LogP contribution in [-0.2, 0) is 9.59 Å². The molecule has 1 rings (SSSR count). The van der Waals surface area contributed by atoms with Crippen molar-refractivity contribution in [1.82, 2.24) is 0 Å². The monoisotopic (exact) mass is 394 g/mol. The Hall–Kier alpha value is -1.30. The number of hydrogen-bond acceptors (Lipinski definition) is 5. The van der Waals surface area contributed by atoms with E-state index in [0.29, 0.717) is 19.3 Å². The fourth-order valence-corrected chi connectivity index (χ4v) is 3.90. The molecule has 0 aromatic carbocycles. The van der Waals surface area contributed by atoms with E-state index in [1.54, 1.807) is 6.08 Å². The lowest BCUT2D eigenvalue weighted by Gasteiger charge is -2.23. The molecule has 1 unspecified atom stereocenters. The largest absolute Gasteiger partial charge is 0.392 e. The van der Waals surface area contributed by atoms with Gasteiger partial charge in [0.25, 0.3) is 0 Å². The van der Waals surface area contributed by atoms with E-state index in [0.717, 1.165) is 44.9 Å². The average Bonchev–Trinajstić information content (AvgIpc) is 2.95. The molecule has 3 N–H and O–H groups in total. The lowest BCUT2D eigenvalue weighted by molar-refractivity contribution is -0.122. The highest BCUT2D eigenvalue weighted by molar-refractivity contribution is 5.84. The number of unbranched alkanes of at least 4 members (excludes halogenated alkanes) is 5. The van der Waals surface area contributed by atoms with Crippen LogP contribution in [-0.4, -0.2) is 45.2 Å². The number of carbonyl (C=O) groups excluding carboxylic acids is 2. The van der Waals surface area contributed by atoms with E-state index >= 15 is 0 Å². The van der Waals surface area contributed by atoms with Crippen LogP contribution in [0.1, 0.15) is 77.6 Å². The second kappa shape index (κ2) is 13.0. The van der Waals surface area contributed by atoms with Crippen molar-refractivity contribution in [3.63, 3.8) is 0 Å². The van der Waals surface area contributed by atoms with Crippen molar-refractivity contribution >= 4 is 11.6 Å². The Labute approximate surface area is 169 Å². The first kappa shape index (κ1) is 24.7. The zero-order valence-corrected chi connectivity index (χ0v) is 17.3. The molecule has 28 heavy (non-hydrogen) atoms. The van der Waals surface area contributed by atoms with Gasteiger partial charge < -0.3 is 15.3 Å². The molecule has 0 aromatic heterocycles. The van der Waals surface area contributed by atoms with E-state index in [1.807, 2.05) is 6.08 Å². The number of aliphatic hydroxyl groups is 3. The van der Waals surface area contributed by atoms with Crippen LogP contribution in [0, 0.1) is 11.8 Å². The third-order valence-electron chi connectivity index (χ3n) is 5.77. The summed E-state index contributed by atoms with van der Waals surface area (Å²) in [6.07, 6.45) is 12.7. The van der Waals surface area contributed by atoms with Gasteiger partial charge in [0.2, 0.25) is 0 Å². The second-order valence-corrected chi connectivity index (χ2v) is 8.08. The van der Waals surface area contributed by atoms with Crippen molar-refractivity contribution in [2.24, 2.45) is 11.8 Å². The Balaban J connectivity index is 2.54. The standard InChI is InChI=1S/C23H38O5/c1-3-5-10-14-23(28,4-2)15-13-20-19(21(26)16-22(20)27)12-9-7-6-8-11-18(25)17-24/h4,13,15,19-20,22,24,27-28H,2-3,5-12,14,16-17H2,1H3/t19-,20-,22-,23?/m1/s1. The Morgan fingerprint density at radius 1 is 1.21 bits per heavy atom. The number of aliphatic hydroxyl groups excluding tert-OH is 2. The van der Waals surface area contributed by atoms with Crippen LogP contribution in [0.2, 0.25) is 0 Å². The summed E-state index contributed by atoms with van der Waals surface area (Å²) in [6.45, 7) is 5.45. The third kappa shape index (κ3) is 8.38. The summed E-state index contributed by atoms with van der Waals surface area (Å²) < 4.78 is 0. The topological polar surface area (TPSA) is 94.8 Å². The first-order chi connectivity index (χ1) is 13.4. The second-order valence-electron chi connectivity index (χ2n) is 8.08. The highest BCUT2D eigenvalue weighted by Gasteiger charge is 2.39. The number of ketones is 2. The molecule has 5 nitrogen and oxygen atoms in total. The van der Waals surface area contributed by atoms with E-state index in [2.05, 4.69) is 13.5 Å². The van der Waals surface area contributed by atoms with Crippen LogP contribution in [0.15, 0.2) is 24.8 Å². The molecule has 0 radical (unpaired) electrons. The van der Waals surface area contributed by atoms with Crippen LogP contribution < -0.4 is 0 Å². The zero-order valence-electron chi connectivity index (χ0n) is 17.3. The smallest absolute Gasteiger partial charge is 0.158 e. The Bertz CT molecular complexity index is 527. The predicted molar refractivity (Wildman–Crippen MR) is 111 cm³/mol. The molecule has 4 atom stereocenters. The number of hydrogen-bond donors (Lipinski definition) is 3. The first-order valence-electron chi connectivity index (χ1n) is 10.8. The summed E-state index contributed by atoms with van der Waals surface area (Å²) in [4.78, 5) is 23.4. The molecular formula is C23H38O5. The molecular weight excluding hydrogens is 356 g/mol. The number of rotatable bonds is 15. The molecule has 1 aliphatic carbocycles. The van der Waals surface area contributed by atoms with Gasteiger partial charge in [-0.05, 0) is 25.7 Å². The highest BCUT2D eigenvalue weighted by Crippen LogP contribution is 2.35. The minimum Gasteiger partial charge on any atom is -0.392 e. The zero-order chi connectivity index (χ0) is 21.0. The maximum absolute atomic E-state index is 12.3. The van der Waals surface area contributed by atoms with Gasteiger partial charge >= 0.3 is 0 Å². The van der Waals surface area contributed by atoms with Gasteiger partial charge in [0, 0.05) is 24.7 Å². The van der Waals surface area contributed by atoms with Crippen molar-refractivity contribution < 1.29 is 24.9 Å². The van der Waals surface area contributed by atoms with Gasteiger partial charge in [-0.2, -0.15) is 0 Å². The van der Waals surface area contributed by atoms with E-state index in [4.69, 9.17) is 5.11 Å². The molecule has 0 aromatic rings. The molecule has 1 fully saturated rings. The van der Waals surface area contributed by atoms with Gasteiger partial charge in [-0.1, -0.05) is 63.8 Å². The van der Waals surface area contributed by atoms with Crippen molar-refractivity contribution in [2.75, 3.05) is 6.61 Å². The molecule has 0 spiro atoms. The highest BCUT2D eigenvalue weighted by atomic mass is 16.3. The number of carbonyl (C=O) groups is 2. The fraction of sp³-hybridized carbons (Fsp3) is 0.739. The Morgan fingerprint density at radius 3 is 2.57 bits per heavy atom. The molecule has 160 valence electrons. The molecule has 0 heterocycles. The van der Waals surface area contributed by atoms with Crippen LogP contribution in [0.25, 0.3) is 0 Å². The van der Waals surface area contributed by atoms with Gasteiger partial charge in [0.05, 0.1) is 6.10 Å². The van der Waals surface area contributed by atoms with Gasteiger partial charge in [-0.25, -0.2) is 0 Å². The minimum absolute atomic E-state index is 0.0886. The predicted octanol–water partition coefficient (Wildman–Crippen LogP) is 3.51. The van der Waals surface area contributed by atoms with Gasteiger partial charge in [-0.15, -0.1) is 0 Å². The lowest BCUT2D eigenvalue weighted by Crippen LogP contribution is -2.25. The van der Waals surface area contributed by atoms with Crippen LogP contribution in [0.4, 0.5) is 0 Å². The molecule has 0 amide bonds. The minimum atomic E-state index is -1.09.